The Morgan fingerprint density at radius 3 is 3.00 bits per heavy atom. The van der Waals surface area contributed by atoms with Gasteiger partial charge in [0.2, 0.25) is 5.91 Å². The van der Waals surface area contributed by atoms with E-state index in [2.05, 4.69) is 10.6 Å². The number of carbonyl (C=O) groups is 1. The van der Waals surface area contributed by atoms with Crippen LogP contribution in [0.15, 0.2) is 0 Å². The van der Waals surface area contributed by atoms with Gasteiger partial charge in [0.1, 0.15) is 0 Å². The highest BCUT2D eigenvalue weighted by atomic mass is 16.5. The van der Waals surface area contributed by atoms with E-state index in [4.69, 9.17) is 4.74 Å². The van der Waals surface area contributed by atoms with Crippen LogP contribution in [0.4, 0.5) is 0 Å². The molecule has 2 saturated heterocycles. The smallest absolute Gasteiger partial charge is 0.225 e. The van der Waals surface area contributed by atoms with E-state index in [-0.39, 0.29) is 11.8 Å². The molecule has 74 valence electrons. The zero-order valence-corrected chi connectivity index (χ0v) is 7.71. The highest BCUT2D eigenvalue weighted by Crippen LogP contribution is 2.12. The molecule has 2 heterocycles. The fraction of sp³-hybridized carbons (Fsp3) is 0.889. The van der Waals surface area contributed by atoms with E-state index in [1.807, 2.05) is 0 Å². The van der Waals surface area contributed by atoms with Gasteiger partial charge in [-0.3, -0.25) is 4.79 Å². The van der Waals surface area contributed by atoms with Gasteiger partial charge >= 0.3 is 0 Å². The lowest BCUT2D eigenvalue weighted by molar-refractivity contribution is -0.125. The van der Waals surface area contributed by atoms with Gasteiger partial charge in [0.15, 0.2) is 0 Å². The molecule has 2 fully saturated rings. The lowest BCUT2D eigenvalue weighted by Crippen LogP contribution is -2.40. The first-order chi connectivity index (χ1) is 6.36. The third-order valence-electron chi connectivity index (χ3n) is 2.71. The van der Waals surface area contributed by atoms with E-state index in [1.54, 1.807) is 0 Å². The lowest BCUT2D eigenvalue weighted by atomic mass is 10.1. The summed E-state index contributed by atoms with van der Waals surface area (Å²) in [4.78, 5) is 11.6. The number of nitrogens with one attached hydrogen (secondary N) is 2. The Labute approximate surface area is 78.0 Å². The molecule has 0 aromatic heterocycles. The average molecular weight is 184 g/mol. The number of carbonyl (C=O) groups excluding carboxylic acids is 1. The highest BCUT2D eigenvalue weighted by Gasteiger charge is 2.26. The van der Waals surface area contributed by atoms with Gasteiger partial charge in [-0.1, -0.05) is 0 Å². The van der Waals surface area contributed by atoms with E-state index >= 15 is 0 Å². The molecule has 0 radical (unpaired) electrons. The number of amides is 1. The van der Waals surface area contributed by atoms with E-state index in [1.165, 1.54) is 0 Å². The minimum Gasteiger partial charge on any atom is -0.381 e. The van der Waals surface area contributed by atoms with Crippen molar-refractivity contribution < 1.29 is 9.53 Å². The first kappa shape index (κ1) is 8.97. The molecule has 2 rings (SSSR count). The maximum atomic E-state index is 11.6. The molecular weight excluding hydrogens is 168 g/mol. The molecule has 0 aromatic rings. The van der Waals surface area contributed by atoms with E-state index in [0.717, 1.165) is 32.5 Å². The minimum absolute atomic E-state index is 0.0978. The Hall–Kier alpha value is -0.610. The first-order valence-electron chi connectivity index (χ1n) is 4.95. The van der Waals surface area contributed by atoms with Crippen LogP contribution < -0.4 is 10.6 Å². The Morgan fingerprint density at radius 2 is 2.38 bits per heavy atom. The topological polar surface area (TPSA) is 50.4 Å². The fourth-order valence-corrected chi connectivity index (χ4v) is 1.84. The molecule has 13 heavy (non-hydrogen) atoms. The van der Waals surface area contributed by atoms with Crippen molar-refractivity contribution in [1.29, 1.82) is 0 Å². The van der Waals surface area contributed by atoms with Gasteiger partial charge in [0, 0.05) is 19.2 Å². The SMILES string of the molecule is O=C(N[C@H]1CCNC1)C1CCOC1. The molecule has 0 bridgehead atoms. The van der Waals surface area contributed by atoms with E-state index < -0.39 is 0 Å². The number of rotatable bonds is 2. The van der Waals surface area contributed by atoms with Crippen molar-refractivity contribution in [1.82, 2.24) is 10.6 Å². The molecule has 4 heteroatoms. The van der Waals surface area contributed by atoms with Crippen molar-refractivity contribution in [2.75, 3.05) is 26.3 Å². The van der Waals surface area contributed by atoms with E-state index in [9.17, 15) is 4.79 Å². The largest absolute Gasteiger partial charge is 0.381 e. The van der Waals surface area contributed by atoms with Crippen LogP contribution >= 0.6 is 0 Å². The second-order valence-electron chi connectivity index (χ2n) is 3.76. The summed E-state index contributed by atoms with van der Waals surface area (Å²) in [6, 6.07) is 0.341. The van der Waals surface area contributed by atoms with E-state index in [0.29, 0.717) is 12.6 Å². The molecular formula is C9H16N2O2. The summed E-state index contributed by atoms with van der Waals surface area (Å²) in [7, 11) is 0. The second-order valence-corrected chi connectivity index (χ2v) is 3.76. The number of hydrogen-bond donors (Lipinski definition) is 2. The van der Waals surface area contributed by atoms with Crippen LogP contribution in [-0.4, -0.2) is 38.3 Å². The Bertz CT molecular complexity index is 184. The minimum atomic E-state index is 0.0978. The predicted octanol–water partition coefficient (Wildman–Crippen LogP) is -0.499. The van der Waals surface area contributed by atoms with Crippen molar-refractivity contribution in [3.8, 4) is 0 Å². The first-order valence-corrected chi connectivity index (χ1v) is 4.95. The Balaban J connectivity index is 1.76. The third kappa shape index (κ3) is 2.19. The van der Waals surface area contributed by atoms with Gasteiger partial charge in [0.25, 0.3) is 0 Å². The molecule has 1 unspecified atom stereocenters. The average Bonchev–Trinajstić information content (AvgIpc) is 2.74. The van der Waals surface area contributed by atoms with Gasteiger partial charge < -0.3 is 15.4 Å². The normalized spacial score (nSPS) is 33.5. The molecule has 4 nitrogen and oxygen atoms in total. The summed E-state index contributed by atoms with van der Waals surface area (Å²) in [6.45, 7) is 3.28. The van der Waals surface area contributed by atoms with Gasteiger partial charge in [-0.25, -0.2) is 0 Å². The van der Waals surface area contributed by atoms with Gasteiger partial charge in [-0.2, -0.15) is 0 Å². The zero-order chi connectivity index (χ0) is 9.10. The molecule has 2 aliphatic heterocycles. The van der Waals surface area contributed by atoms with Crippen molar-refractivity contribution >= 4 is 5.91 Å². The van der Waals surface area contributed by atoms with Crippen molar-refractivity contribution in [2.24, 2.45) is 5.92 Å². The van der Waals surface area contributed by atoms with Gasteiger partial charge in [-0.05, 0) is 19.4 Å². The molecule has 0 saturated carbocycles. The monoisotopic (exact) mass is 184 g/mol. The second kappa shape index (κ2) is 4.07. The summed E-state index contributed by atoms with van der Waals surface area (Å²) < 4.78 is 5.17. The number of ether oxygens (including phenoxy) is 1. The predicted molar refractivity (Wildman–Crippen MR) is 48.3 cm³/mol. The molecule has 0 aromatic carbocycles. The molecule has 1 amide bonds. The van der Waals surface area contributed by atoms with Gasteiger partial charge in [-0.15, -0.1) is 0 Å². The lowest BCUT2D eigenvalue weighted by Gasteiger charge is -2.14. The molecule has 2 N–H and O–H groups in total. The van der Waals surface area contributed by atoms with Gasteiger partial charge in [0.05, 0.1) is 12.5 Å². The fourth-order valence-electron chi connectivity index (χ4n) is 1.84. The number of hydrogen-bond acceptors (Lipinski definition) is 3. The molecule has 2 atom stereocenters. The van der Waals surface area contributed by atoms with Crippen LogP contribution in [0.5, 0.6) is 0 Å². The summed E-state index contributed by atoms with van der Waals surface area (Å²) in [5.41, 5.74) is 0. The summed E-state index contributed by atoms with van der Waals surface area (Å²) in [5.74, 6) is 0.270. The van der Waals surface area contributed by atoms with Crippen molar-refractivity contribution in [3.05, 3.63) is 0 Å². The van der Waals surface area contributed by atoms with Crippen molar-refractivity contribution in [2.45, 2.75) is 18.9 Å². The Morgan fingerprint density at radius 1 is 1.46 bits per heavy atom. The Kier molecular flexibility index (Phi) is 2.80. The summed E-state index contributed by atoms with van der Waals surface area (Å²) >= 11 is 0. The van der Waals surface area contributed by atoms with Crippen LogP contribution in [0, 0.1) is 5.92 Å². The maximum Gasteiger partial charge on any atom is 0.225 e. The standard InChI is InChI=1S/C9H16N2O2/c12-9(7-2-4-13-6-7)11-8-1-3-10-5-8/h7-8,10H,1-6H2,(H,11,12)/t7?,8-/m0/s1. The third-order valence-corrected chi connectivity index (χ3v) is 2.71. The molecule has 0 spiro atoms. The summed E-state index contributed by atoms with van der Waals surface area (Å²) in [5, 5.41) is 6.26. The highest BCUT2D eigenvalue weighted by molar-refractivity contribution is 5.79. The van der Waals surface area contributed by atoms with Crippen LogP contribution in [0.3, 0.4) is 0 Å². The van der Waals surface area contributed by atoms with Crippen molar-refractivity contribution in [3.63, 3.8) is 0 Å². The molecule has 2 aliphatic rings. The van der Waals surface area contributed by atoms with Crippen LogP contribution in [0.1, 0.15) is 12.8 Å². The summed E-state index contributed by atoms with van der Waals surface area (Å²) in [6.07, 6.45) is 1.94. The zero-order valence-electron chi connectivity index (χ0n) is 7.71. The quantitative estimate of drug-likeness (QED) is 0.608. The van der Waals surface area contributed by atoms with Crippen LogP contribution in [0.25, 0.3) is 0 Å². The van der Waals surface area contributed by atoms with Crippen LogP contribution in [0.2, 0.25) is 0 Å². The molecule has 0 aliphatic carbocycles. The van der Waals surface area contributed by atoms with Crippen LogP contribution in [-0.2, 0) is 9.53 Å². The maximum absolute atomic E-state index is 11.6.